The van der Waals surface area contributed by atoms with Crippen molar-refractivity contribution >= 4 is 35.2 Å². The molecule has 1 aromatic heterocycles. The molecule has 9 heteroatoms. The monoisotopic (exact) mass is 378 g/mol. The van der Waals surface area contributed by atoms with E-state index in [9.17, 15) is 19.2 Å². The summed E-state index contributed by atoms with van der Waals surface area (Å²) in [5.74, 6) is -0.888. The highest BCUT2D eigenvalue weighted by molar-refractivity contribution is 7.10. The van der Waals surface area contributed by atoms with Gasteiger partial charge in [0.15, 0.2) is 0 Å². The van der Waals surface area contributed by atoms with Gasteiger partial charge in [-0.3, -0.25) is 19.8 Å². The molecule has 6 amide bonds. The second-order valence-electron chi connectivity index (χ2n) is 6.99. The van der Waals surface area contributed by atoms with Crippen LogP contribution in [0.4, 0.5) is 9.59 Å². The number of carbonyl (C=O) groups excluding carboxylic acids is 4. The topological polar surface area (TPSA) is 108 Å². The number of nitrogens with zero attached hydrogens (tertiary/aromatic N) is 1. The van der Waals surface area contributed by atoms with Crippen molar-refractivity contribution < 1.29 is 19.2 Å². The number of hydrogen-bond donors (Lipinski definition) is 3. The van der Waals surface area contributed by atoms with E-state index in [1.807, 2.05) is 25.3 Å². The van der Waals surface area contributed by atoms with Gasteiger partial charge >= 0.3 is 12.1 Å². The summed E-state index contributed by atoms with van der Waals surface area (Å²) in [5, 5.41) is 9.38. The van der Waals surface area contributed by atoms with Crippen molar-refractivity contribution in [3.8, 4) is 0 Å². The second kappa shape index (κ2) is 7.06. The minimum Gasteiger partial charge on any atom is -0.338 e. The Kier molecular flexibility index (Phi) is 4.99. The van der Waals surface area contributed by atoms with Crippen LogP contribution in [0.1, 0.15) is 37.1 Å². The van der Waals surface area contributed by atoms with Crippen LogP contribution >= 0.6 is 11.3 Å². The van der Waals surface area contributed by atoms with Gasteiger partial charge in [0.2, 0.25) is 5.91 Å². The third-order valence-electron chi connectivity index (χ3n) is 4.56. The van der Waals surface area contributed by atoms with Crippen LogP contribution < -0.4 is 16.0 Å². The zero-order valence-electron chi connectivity index (χ0n) is 14.8. The summed E-state index contributed by atoms with van der Waals surface area (Å²) < 4.78 is 0. The highest BCUT2D eigenvalue weighted by Gasteiger charge is 2.54. The number of rotatable bonds is 4. The Labute approximate surface area is 155 Å². The standard InChI is InChI=1S/C17H22N4O4S/c1-10(2)8-18-15(24)19-13(22)9-21-14(23)17(20-16(21)25)6-3-4-12-11(17)5-7-26-12/h5,7,10H,3-4,6,8-9H2,1-2H3,(H,20,25)(H2,18,19,22,24)/t17-/m1/s1. The van der Waals surface area contributed by atoms with Gasteiger partial charge in [-0.25, -0.2) is 9.59 Å². The molecule has 8 nitrogen and oxygen atoms in total. The van der Waals surface area contributed by atoms with E-state index in [4.69, 9.17) is 0 Å². The van der Waals surface area contributed by atoms with Crippen molar-refractivity contribution in [2.45, 2.75) is 38.6 Å². The Hall–Kier alpha value is -2.42. The number of fused-ring (bicyclic) bond motifs is 2. The van der Waals surface area contributed by atoms with Gasteiger partial charge in [0.05, 0.1) is 0 Å². The van der Waals surface area contributed by atoms with Gasteiger partial charge < -0.3 is 10.6 Å². The maximum absolute atomic E-state index is 13.0. The number of nitrogens with one attached hydrogen (secondary N) is 3. The lowest BCUT2D eigenvalue weighted by Gasteiger charge is -2.31. The van der Waals surface area contributed by atoms with Crippen molar-refractivity contribution in [3.63, 3.8) is 0 Å². The molecule has 3 rings (SSSR count). The molecule has 1 spiro atoms. The summed E-state index contributed by atoms with van der Waals surface area (Å²) in [6.45, 7) is 3.79. The van der Waals surface area contributed by atoms with E-state index in [1.165, 1.54) is 0 Å². The molecule has 0 saturated carbocycles. The van der Waals surface area contributed by atoms with Crippen LogP contribution in [0.5, 0.6) is 0 Å². The molecule has 1 atom stereocenters. The van der Waals surface area contributed by atoms with Crippen molar-refractivity contribution in [3.05, 3.63) is 21.9 Å². The highest BCUT2D eigenvalue weighted by Crippen LogP contribution is 2.41. The van der Waals surface area contributed by atoms with Gasteiger partial charge in [0.25, 0.3) is 5.91 Å². The van der Waals surface area contributed by atoms with Crippen LogP contribution in [0.15, 0.2) is 11.4 Å². The molecule has 140 valence electrons. The van der Waals surface area contributed by atoms with E-state index >= 15 is 0 Å². The molecule has 3 N–H and O–H groups in total. The van der Waals surface area contributed by atoms with Crippen LogP contribution in [0, 0.1) is 5.92 Å². The molecule has 1 saturated heterocycles. The van der Waals surface area contributed by atoms with Crippen molar-refractivity contribution in [1.82, 2.24) is 20.9 Å². The second-order valence-corrected chi connectivity index (χ2v) is 7.99. The quantitative estimate of drug-likeness (QED) is 0.687. The molecule has 0 radical (unpaired) electrons. The van der Waals surface area contributed by atoms with Crippen LogP contribution in [-0.4, -0.2) is 41.9 Å². The molecule has 1 fully saturated rings. The number of urea groups is 2. The smallest absolute Gasteiger partial charge is 0.325 e. The number of carbonyl (C=O) groups is 4. The first-order valence-corrected chi connectivity index (χ1v) is 9.50. The van der Waals surface area contributed by atoms with Crippen molar-refractivity contribution in [2.24, 2.45) is 5.92 Å². The van der Waals surface area contributed by atoms with Gasteiger partial charge in [-0.2, -0.15) is 0 Å². The molecule has 1 aliphatic heterocycles. The van der Waals surface area contributed by atoms with E-state index in [-0.39, 0.29) is 5.92 Å². The fourth-order valence-corrected chi connectivity index (χ4v) is 4.34. The fraction of sp³-hybridized carbons (Fsp3) is 0.529. The van der Waals surface area contributed by atoms with Crippen molar-refractivity contribution in [1.29, 1.82) is 0 Å². The largest absolute Gasteiger partial charge is 0.338 e. The SMILES string of the molecule is CC(C)CNC(=O)NC(=O)CN1C(=O)N[C@@]2(CCCc3sccc32)C1=O. The van der Waals surface area contributed by atoms with Crippen molar-refractivity contribution in [2.75, 3.05) is 13.1 Å². The summed E-state index contributed by atoms with van der Waals surface area (Å²) in [6, 6.07) is 0.621. The maximum atomic E-state index is 13.0. The number of imide groups is 2. The third kappa shape index (κ3) is 3.31. The molecule has 1 aliphatic carbocycles. The molecular weight excluding hydrogens is 356 g/mol. The lowest BCUT2D eigenvalue weighted by Crippen LogP contribution is -2.48. The number of hydrogen-bond acceptors (Lipinski definition) is 5. The lowest BCUT2D eigenvalue weighted by molar-refractivity contribution is -0.135. The van der Waals surface area contributed by atoms with Gasteiger partial charge in [-0.1, -0.05) is 13.8 Å². The Bertz CT molecular complexity index is 760. The normalized spacial score (nSPS) is 21.7. The molecular formula is C17H22N4O4S. The fourth-order valence-electron chi connectivity index (χ4n) is 3.34. The summed E-state index contributed by atoms with van der Waals surface area (Å²) in [4.78, 5) is 51.0. The van der Waals surface area contributed by atoms with Gasteiger partial charge in [-0.15, -0.1) is 11.3 Å². The van der Waals surface area contributed by atoms with E-state index in [1.54, 1.807) is 11.3 Å². The Morgan fingerprint density at radius 3 is 2.88 bits per heavy atom. The Morgan fingerprint density at radius 1 is 1.38 bits per heavy atom. The Balaban J connectivity index is 1.67. The zero-order valence-corrected chi connectivity index (χ0v) is 15.6. The molecule has 2 aliphatic rings. The van der Waals surface area contributed by atoms with Crippen LogP contribution in [0.2, 0.25) is 0 Å². The van der Waals surface area contributed by atoms with E-state index in [0.717, 1.165) is 28.2 Å². The Morgan fingerprint density at radius 2 is 2.15 bits per heavy atom. The van der Waals surface area contributed by atoms with Crippen LogP contribution in [0.3, 0.4) is 0 Å². The number of aryl methyl sites for hydroxylation is 1. The summed E-state index contributed by atoms with van der Waals surface area (Å²) in [7, 11) is 0. The predicted octanol–water partition coefficient (Wildman–Crippen LogP) is 1.31. The minimum atomic E-state index is -1.08. The molecule has 0 unspecified atom stereocenters. The van der Waals surface area contributed by atoms with E-state index in [2.05, 4.69) is 16.0 Å². The van der Waals surface area contributed by atoms with Crippen LogP contribution in [0.25, 0.3) is 0 Å². The number of amides is 6. The maximum Gasteiger partial charge on any atom is 0.325 e. The first-order chi connectivity index (χ1) is 12.3. The van der Waals surface area contributed by atoms with E-state index in [0.29, 0.717) is 13.0 Å². The molecule has 2 heterocycles. The van der Waals surface area contributed by atoms with E-state index < -0.39 is 36.0 Å². The zero-order chi connectivity index (χ0) is 18.9. The third-order valence-corrected chi connectivity index (χ3v) is 5.54. The lowest BCUT2D eigenvalue weighted by atomic mass is 9.80. The van der Waals surface area contributed by atoms with Crippen LogP contribution in [-0.2, 0) is 21.5 Å². The molecule has 1 aromatic rings. The summed E-state index contributed by atoms with van der Waals surface area (Å²) in [6.07, 6.45) is 2.18. The minimum absolute atomic E-state index is 0.243. The predicted molar refractivity (Wildman–Crippen MR) is 95.6 cm³/mol. The number of thiophene rings is 1. The van der Waals surface area contributed by atoms with Gasteiger partial charge in [0, 0.05) is 17.0 Å². The molecule has 0 aromatic carbocycles. The summed E-state index contributed by atoms with van der Waals surface area (Å²) in [5.41, 5.74) is -0.255. The highest BCUT2D eigenvalue weighted by atomic mass is 32.1. The summed E-state index contributed by atoms with van der Waals surface area (Å²) >= 11 is 1.57. The van der Waals surface area contributed by atoms with Gasteiger partial charge in [0.1, 0.15) is 12.1 Å². The van der Waals surface area contributed by atoms with Gasteiger partial charge in [-0.05, 0) is 36.6 Å². The molecule has 0 bridgehead atoms. The average molecular weight is 378 g/mol. The first kappa shape index (κ1) is 18.4. The molecule has 26 heavy (non-hydrogen) atoms. The average Bonchev–Trinajstić information content (AvgIpc) is 3.14. The first-order valence-electron chi connectivity index (χ1n) is 8.62.